The quantitative estimate of drug-likeness (QED) is 0.723. The average molecular weight is 406 g/mol. The molecule has 2 aromatic heterocycles. The van der Waals surface area contributed by atoms with Gasteiger partial charge in [0.25, 0.3) is 5.56 Å². The Bertz CT molecular complexity index is 1170. The molecular weight excluding hydrogens is 378 g/mol. The average Bonchev–Trinajstić information content (AvgIpc) is 3.03. The van der Waals surface area contributed by atoms with Crippen molar-refractivity contribution < 1.29 is 4.79 Å². The van der Waals surface area contributed by atoms with Crippen LogP contribution in [-0.4, -0.2) is 37.1 Å². The number of aryl methyl sites for hydroxylation is 2. The van der Waals surface area contributed by atoms with E-state index < -0.39 is 0 Å². The number of rotatable bonds is 4. The summed E-state index contributed by atoms with van der Waals surface area (Å²) in [6, 6.07) is 8.32. The Hall–Kier alpha value is -3.22. The Morgan fingerprint density at radius 1 is 1.10 bits per heavy atom. The van der Waals surface area contributed by atoms with E-state index in [1.165, 1.54) is 11.1 Å². The molecule has 0 spiro atoms. The number of hydrogen-bond donors (Lipinski definition) is 1. The molecule has 1 aliphatic rings. The van der Waals surface area contributed by atoms with E-state index in [-0.39, 0.29) is 11.5 Å². The van der Waals surface area contributed by atoms with Gasteiger partial charge < -0.3 is 4.90 Å². The van der Waals surface area contributed by atoms with Crippen LogP contribution in [0.1, 0.15) is 45.8 Å². The summed E-state index contributed by atoms with van der Waals surface area (Å²) in [5.74, 6) is 0.572. The molecule has 1 aliphatic heterocycles. The molecule has 0 saturated carbocycles. The Kier molecular flexibility index (Phi) is 5.28. The summed E-state index contributed by atoms with van der Waals surface area (Å²) < 4.78 is 1.67. The SMILES string of the molecule is Cc1nn(-c2nc(C)c(C)c(=O)[nH]2)c(C)c1CCC(=O)N1CCc2ccccc2C1. The number of hydrogen-bond acceptors (Lipinski definition) is 4. The van der Waals surface area contributed by atoms with Crippen LogP contribution in [0.25, 0.3) is 5.95 Å². The van der Waals surface area contributed by atoms with Crippen LogP contribution >= 0.6 is 0 Å². The largest absolute Gasteiger partial charge is 0.338 e. The number of nitrogens with zero attached hydrogens (tertiary/aromatic N) is 4. The van der Waals surface area contributed by atoms with Crippen molar-refractivity contribution in [3.8, 4) is 5.95 Å². The van der Waals surface area contributed by atoms with Gasteiger partial charge in [0, 0.05) is 36.5 Å². The molecule has 156 valence electrons. The fourth-order valence-electron chi connectivity index (χ4n) is 4.07. The number of H-pyrrole nitrogens is 1. The van der Waals surface area contributed by atoms with Crippen LogP contribution in [0.15, 0.2) is 29.1 Å². The molecule has 7 heteroatoms. The van der Waals surface area contributed by atoms with Crippen molar-refractivity contribution >= 4 is 5.91 Å². The van der Waals surface area contributed by atoms with Gasteiger partial charge in [-0.3, -0.25) is 14.6 Å². The smallest absolute Gasteiger partial charge is 0.255 e. The van der Waals surface area contributed by atoms with Gasteiger partial charge in [-0.05, 0) is 57.2 Å². The summed E-state index contributed by atoms with van der Waals surface area (Å²) in [6.07, 6.45) is 1.96. The van der Waals surface area contributed by atoms with Gasteiger partial charge in [-0.15, -0.1) is 0 Å². The predicted octanol–water partition coefficient (Wildman–Crippen LogP) is 2.71. The van der Waals surface area contributed by atoms with Gasteiger partial charge in [0.05, 0.1) is 5.69 Å². The summed E-state index contributed by atoms with van der Waals surface area (Å²) >= 11 is 0. The number of benzene rings is 1. The van der Waals surface area contributed by atoms with Crippen LogP contribution in [0.4, 0.5) is 0 Å². The van der Waals surface area contributed by atoms with Crippen molar-refractivity contribution in [2.75, 3.05) is 6.54 Å². The van der Waals surface area contributed by atoms with E-state index in [0.29, 0.717) is 36.6 Å². The van der Waals surface area contributed by atoms with E-state index in [9.17, 15) is 9.59 Å². The van der Waals surface area contributed by atoms with E-state index in [2.05, 4.69) is 33.3 Å². The molecular formula is C23H27N5O2. The zero-order chi connectivity index (χ0) is 21.4. The Morgan fingerprint density at radius 2 is 1.83 bits per heavy atom. The van der Waals surface area contributed by atoms with Gasteiger partial charge in [-0.25, -0.2) is 9.67 Å². The van der Waals surface area contributed by atoms with Crippen molar-refractivity contribution in [1.82, 2.24) is 24.6 Å². The molecule has 3 aromatic rings. The highest BCUT2D eigenvalue weighted by Gasteiger charge is 2.22. The molecule has 1 aromatic carbocycles. The third kappa shape index (κ3) is 3.67. The third-order valence-electron chi connectivity index (χ3n) is 6.10. The molecule has 1 N–H and O–H groups in total. The monoisotopic (exact) mass is 405 g/mol. The van der Waals surface area contributed by atoms with Gasteiger partial charge in [0.1, 0.15) is 0 Å². The number of carbonyl (C=O) groups excluding carboxylic acids is 1. The molecule has 4 rings (SSSR count). The van der Waals surface area contributed by atoms with E-state index in [1.54, 1.807) is 11.6 Å². The summed E-state index contributed by atoms with van der Waals surface area (Å²) in [4.78, 5) is 34.2. The standard InChI is InChI=1S/C23H27N5O2/c1-14-15(2)24-23(25-22(14)30)28-17(4)20(16(3)26-28)9-10-21(29)27-12-11-18-7-5-6-8-19(18)13-27/h5-8H,9-13H2,1-4H3,(H,24,25,30). The lowest BCUT2D eigenvalue weighted by Crippen LogP contribution is -2.36. The first kappa shape index (κ1) is 20.1. The van der Waals surface area contributed by atoms with Gasteiger partial charge in [-0.2, -0.15) is 5.10 Å². The molecule has 0 bridgehead atoms. The molecule has 0 atom stereocenters. The van der Waals surface area contributed by atoms with Crippen molar-refractivity contribution in [1.29, 1.82) is 0 Å². The highest BCUT2D eigenvalue weighted by Crippen LogP contribution is 2.21. The number of nitrogens with one attached hydrogen (secondary N) is 1. The minimum absolute atomic E-state index is 0.160. The van der Waals surface area contributed by atoms with Crippen LogP contribution in [0.5, 0.6) is 0 Å². The molecule has 0 saturated heterocycles. The first-order chi connectivity index (χ1) is 14.3. The fourth-order valence-corrected chi connectivity index (χ4v) is 4.07. The van der Waals surface area contributed by atoms with Gasteiger partial charge in [0.2, 0.25) is 11.9 Å². The second-order valence-electron chi connectivity index (χ2n) is 8.00. The van der Waals surface area contributed by atoms with Crippen LogP contribution in [0.3, 0.4) is 0 Å². The molecule has 0 fully saturated rings. The van der Waals surface area contributed by atoms with E-state index >= 15 is 0 Å². The van der Waals surface area contributed by atoms with Gasteiger partial charge >= 0.3 is 0 Å². The number of amides is 1. The topological polar surface area (TPSA) is 83.9 Å². The lowest BCUT2D eigenvalue weighted by molar-refractivity contribution is -0.132. The van der Waals surface area contributed by atoms with Crippen LogP contribution in [0, 0.1) is 27.7 Å². The van der Waals surface area contributed by atoms with Crippen molar-refractivity contribution in [3.05, 3.63) is 74.0 Å². The number of carbonyl (C=O) groups is 1. The highest BCUT2D eigenvalue weighted by atomic mass is 16.2. The Morgan fingerprint density at radius 3 is 2.57 bits per heavy atom. The number of aromatic nitrogens is 4. The summed E-state index contributed by atoms with van der Waals surface area (Å²) in [5, 5.41) is 4.57. The molecule has 1 amide bonds. The van der Waals surface area contributed by atoms with Crippen molar-refractivity contribution in [2.45, 2.75) is 53.5 Å². The number of aromatic amines is 1. The first-order valence-electron chi connectivity index (χ1n) is 10.3. The summed E-state index contributed by atoms with van der Waals surface area (Å²) in [7, 11) is 0. The normalized spacial score (nSPS) is 13.4. The van der Waals surface area contributed by atoms with Crippen LogP contribution in [-0.2, 0) is 24.2 Å². The van der Waals surface area contributed by atoms with Gasteiger partial charge in [0.15, 0.2) is 0 Å². The highest BCUT2D eigenvalue weighted by molar-refractivity contribution is 5.77. The summed E-state index contributed by atoms with van der Waals surface area (Å²) in [6.45, 7) is 8.89. The zero-order valence-corrected chi connectivity index (χ0v) is 18.0. The van der Waals surface area contributed by atoms with Crippen molar-refractivity contribution in [2.24, 2.45) is 0 Å². The lowest BCUT2D eigenvalue weighted by Gasteiger charge is -2.29. The molecule has 30 heavy (non-hydrogen) atoms. The number of fused-ring (bicyclic) bond motifs is 1. The van der Waals surface area contributed by atoms with Gasteiger partial charge in [-0.1, -0.05) is 24.3 Å². The molecule has 0 aliphatic carbocycles. The Labute approximate surface area is 175 Å². The summed E-state index contributed by atoms with van der Waals surface area (Å²) in [5.41, 5.74) is 6.48. The van der Waals surface area contributed by atoms with E-state index in [0.717, 1.165) is 29.9 Å². The molecule has 0 unspecified atom stereocenters. The Balaban J connectivity index is 1.50. The fraction of sp³-hybridized carbons (Fsp3) is 0.391. The minimum atomic E-state index is -0.160. The van der Waals surface area contributed by atoms with Crippen LogP contribution in [0.2, 0.25) is 0 Å². The molecule has 0 radical (unpaired) electrons. The second kappa shape index (κ2) is 7.89. The van der Waals surface area contributed by atoms with Crippen LogP contribution < -0.4 is 5.56 Å². The maximum atomic E-state index is 12.8. The maximum absolute atomic E-state index is 12.8. The molecule has 7 nitrogen and oxygen atoms in total. The van der Waals surface area contributed by atoms with E-state index in [1.807, 2.05) is 31.7 Å². The predicted molar refractivity (Wildman–Crippen MR) is 115 cm³/mol. The minimum Gasteiger partial charge on any atom is -0.338 e. The van der Waals surface area contributed by atoms with Crippen molar-refractivity contribution in [3.63, 3.8) is 0 Å². The second-order valence-corrected chi connectivity index (χ2v) is 8.00. The third-order valence-corrected chi connectivity index (χ3v) is 6.10. The molecule has 3 heterocycles. The maximum Gasteiger partial charge on any atom is 0.255 e. The zero-order valence-electron chi connectivity index (χ0n) is 18.0. The lowest BCUT2D eigenvalue weighted by atomic mass is 9.99. The first-order valence-corrected chi connectivity index (χ1v) is 10.3. The van der Waals surface area contributed by atoms with E-state index in [4.69, 9.17) is 0 Å².